The van der Waals surface area contributed by atoms with E-state index in [4.69, 9.17) is 0 Å². The summed E-state index contributed by atoms with van der Waals surface area (Å²) in [7, 11) is 1.72. The second-order valence-electron chi connectivity index (χ2n) is 7.67. The Morgan fingerprint density at radius 3 is 1.90 bits per heavy atom. The minimum atomic E-state index is -1.08. The predicted octanol–water partition coefficient (Wildman–Crippen LogP) is 3.90. The van der Waals surface area contributed by atoms with Crippen LogP contribution in [0, 0.1) is 0 Å². The van der Waals surface area contributed by atoms with E-state index >= 15 is 0 Å². The molecule has 2 aliphatic carbocycles. The molecule has 0 aromatic rings. The van der Waals surface area contributed by atoms with Gasteiger partial charge in [-0.1, -0.05) is 0 Å². The SMILES string of the molecule is B[PH](CCNCCSC)(C1CCCCC1)C1CCCCC1. The number of thioether (sulfide) groups is 1. The molecule has 0 bridgehead atoms. The second-order valence-corrected chi connectivity index (χ2v) is 13.8. The molecule has 0 aliphatic heterocycles. The topological polar surface area (TPSA) is 12.0 Å². The molecule has 0 unspecified atom stereocenters. The standard InChI is InChI=1S/C17H37BNPS/c1-21-15-13-19-12-14-20(18,16-8-4-2-5-9-16)17-10-6-3-7-11-17/h16-17,19-20H,2-15,18H2,1H3. The fraction of sp³-hybridized carbons (Fsp3) is 1.00. The van der Waals surface area contributed by atoms with Crippen LogP contribution in [0.2, 0.25) is 0 Å². The first-order valence-electron chi connectivity index (χ1n) is 9.47. The Morgan fingerprint density at radius 1 is 0.905 bits per heavy atom. The fourth-order valence-corrected chi connectivity index (χ4v) is 10.9. The molecule has 1 N–H and O–H groups in total. The van der Waals surface area contributed by atoms with Gasteiger partial charge in [0.25, 0.3) is 0 Å². The molecule has 4 heteroatoms. The zero-order chi connectivity index (χ0) is 15.0. The van der Waals surface area contributed by atoms with Gasteiger partial charge in [-0.05, 0) is 0 Å². The molecule has 1 nitrogen and oxygen atoms in total. The Hall–Kier alpha value is 0.805. The Bertz CT molecular complexity index is 260. The molecule has 0 aromatic carbocycles. The molecule has 124 valence electrons. The molecule has 2 rings (SSSR count). The first-order valence-corrected chi connectivity index (χ1v) is 13.7. The van der Waals surface area contributed by atoms with Crippen LogP contribution >= 0.6 is 18.9 Å². The normalized spacial score (nSPS) is 23.3. The minimum absolute atomic E-state index is 1.08. The van der Waals surface area contributed by atoms with Crippen LogP contribution in [0.15, 0.2) is 0 Å². The first kappa shape index (κ1) is 18.1. The Balaban J connectivity index is 1.91. The van der Waals surface area contributed by atoms with Crippen LogP contribution in [-0.4, -0.2) is 50.1 Å². The van der Waals surface area contributed by atoms with Gasteiger partial charge in [-0.15, -0.1) is 0 Å². The van der Waals surface area contributed by atoms with E-state index in [2.05, 4.69) is 19.1 Å². The summed E-state index contributed by atoms with van der Waals surface area (Å²) < 4.78 is 0. The summed E-state index contributed by atoms with van der Waals surface area (Å²) in [5, 5.41) is 3.73. The van der Waals surface area contributed by atoms with E-state index in [0.717, 1.165) is 11.3 Å². The van der Waals surface area contributed by atoms with E-state index in [1.165, 1.54) is 57.4 Å². The zero-order valence-corrected chi connectivity index (χ0v) is 16.3. The molecule has 2 saturated carbocycles. The van der Waals surface area contributed by atoms with E-state index in [9.17, 15) is 0 Å². The van der Waals surface area contributed by atoms with Crippen LogP contribution in [0.4, 0.5) is 0 Å². The van der Waals surface area contributed by atoms with Crippen molar-refractivity contribution < 1.29 is 0 Å². The van der Waals surface area contributed by atoms with Crippen molar-refractivity contribution in [3.63, 3.8) is 0 Å². The summed E-state index contributed by atoms with van der Waals surface area (Å²) in [6.45, 7) is 2.51. The van der Waals surface area contributed by atoms with Crippen molar-refractivity contribution in [1.82, 2.24) is 5.32 Å². The van der Waals surface area contributed by atoms with Crippen LogP contribution in [0.25, 0.3) is 0 Å². The van der Waals surface area contributed by atoms with Gasteiger partial charge in [-0.25, -0.2) is 0 Å². The molecule has 0 heterocycles. The summed E-state index contributed by atoms with van der Waals surface area (Å²) >= 11 is 1.96. The van der Waals surface area contributed by atoms with E-state index < -0.39 is 7.14 Å². The predicted molar refractivity (Wildman–Crippen MR) is 107 cm³/mol. The summed E-state index contributed by atoms with van der Waals surface area (Å²) in [6, 6.07) is 0. The molecule has 21 heavy (non-hydrogen) atoms. The van der Waals surface area contributed by atoms with Gasteiger partial charge >= 0.3 is 139 Å². The van der Waals surface area contributed by atoms with E-state index in [1.807, 2.05) is 11.8 Å². The molecule has 0 spiro atoms. The van der Waals surface area contributed by atoms with Crippen molar-refractivity contribution in [2.24, 2.45) is 0 Å². The summed E-state index contributed by atoms with van der Waals surface area (Å²) in [5.74, 6) is 1.27. The van der Waals surface area contributed by atoms with Gasteiger partial charge in [0.2, 0.25) is 0 Å². The van der Waals surface area contributed by atoms with Crippen LogP contribution in [0.1, 0.15) is 64.2 Å². The fourth-order valence-electron chi connectivity index (χ4n) is 4.92. The maximum atomic E-state index is 3.73. The average molecular weight is 329 g/mol. The van der Waals surface area contributed by atoms with Gasteiger partial charge in [0.1, 0.15) is 0 Å². The van der Waals surface area contributed by atoms with Crippen LogP contribution in [0.3, 0.4) is 0 Å². The molecule has 0 saturated heterocycles. The Kier molecular flexibility index (Phi) is 8.50. The van der Waals surface area contributed by atoms with Crippen LogP contribution in [-0.2, 0) is 0 Å². The number of hydrogen-bond acceptors (Lipinski definition) is 2. The van der Waals surface area contributed by atoms with Crippen molar-refractivity contribution in [2.75, 3.05) is 31.3 Å². The number of nitrogens with one attached hydrogen (secondary N) is 1. The van der Waals surface area contributed by atoms with Crippen molar-refractivity contribution in [1.29, 1.82) is 0 Å². The first-order chi connectivity index (χ1) is 10.3. The van der Waals surface area contributed by atoms with Gasteiger partial charge < -0.3 is 0 Å². The quantitative estimate of drug-likeness (QED) is 0.412. The molecule has 0 atom stereocenters. The monoisotopic (exact) mass is 329 g/mol. The zero-order valence-electron chi connectivity index (χ0n) is 14.5. The van der Waals surface area contributed by atoms with Gasteiger partial charge in [0.05, 0.1) is 0 Å². The second kappa shape index (κ2) is 9.84. The Morgan fingerprint density at radius 2 is 1.43 bits per heavy atom. The van der Waals surface area contributed by atoms with Crippen molar-refractivity contribution in [3.05, 3.63) is 0 Å². The third-order valence-corrected chi connectivity index (χ3v) is 13.2. The summed E-state index contributed by atoms with van der Waals surface area (Å²) in [6.07, 6.45) is 19.2. The van der Waals surface area contributed by atoms with Gasteiger partial charge in [0, 0.05) is 0 Å². The summed E-state index contributed by atoms with van der Waals surface area (Å²) in [4.78, 5) is 0. The third-order valence-electron chi connectivity index (χ3n) is 6.40. The van der Waals surface area contributed by atoms with E-state index in [0.29, 0.717) is 0 Å². The van der Waals surface area contributed by atoms with Crippen molar-refractivity contribution in [3.8, 4) is 0 Å². The molecular formula is C17H37BNPS. The van der Waals surface area contributed by atoms with Crippen LogP contribution < -0.4 is 5.32 Å². The maximum absolute atomic E-state index is 3.73. The van der Waals surface area contributed by atoms with Crippen LogP contribution in [0.5, 0.6) is 0 Å². The van der Waals surface area contributed by atoms with E-state index in [1.54, 1.807) is 31.8 Å². The third kappa shape index (κ3) is 5.43. The molecule has 2 aliphatic rings. The summed E-state index contributed by atoms with van der Waals surface area (Å²) in [5.41, 5.74) is 2.30. The molecule has 0 amide bonds. The molecule has 2 fully saturated rings. The number of rotatable bonds is 8. The van der Waals surface area contributed by atoms with Gasteiger partial charge in [-0.3, -0.25) is 0 Å². The van der Waals surface area contributed by atoms with Gasteiger partial charge in [0.15, 0.2) is 0 Å². The molecule has 0 radical (unpaired) electrons. The average Bonchev–Trinajstić information content (AvgIpc) is 2.56. The van der Waals surface area contributed by atoms with E-state index in [-0.39, 0.29) is 0 Å². The molecular weight excluding hydrogens is 292 g/mol. The molecule has 0 aromatic heterocycles. The van der Waals surface area contributed by atoms with Crippen molar-refractivity contribution >= 4 is 26.5 Å². The van der Waals surface area contributed by atoms with Crippen molar-refractivity contribution in [2.45, 2.75) is 75.5 Å². The Labute approximate surface area is 138 Å². The van der Waals surface area contributed by atoms with Gasteiger partial charge in [-0.2, -0.15) is 0 Å². The number of hydrogen-bond donors (Lipinski definition) is 1.